The Morgan fingerprint density at radius 1 is 1.42 bits per heavy atom. The second kappa shape index (κ2) is 5.14. The Kier molecular flexibility index (Phi) is 3.35. The average molecular weight is 294 g/mol. The van der Waals surface area contributed by atoms with Crippen LogP contribution in [-0.4, -0.2) is 20.2 Å². The first-order valence-corrected chi connectivity index (χ1v) is 7.14. The summed E-state index contributed by atoms with van der Waals surface area (Å²) in [6.45, 7) is 2.75. The van der Waals surface area contributed by atoms with Gasteiger partial charge in [-0.1, -0.05) is 6.92 Å². The van der Waals surface area contributed by atoms with Crippen molar-refractivity contribution in [2.75, 3.05) is 5.32 Å². The van der Waals surface area contributed by atoms with E-state index in [1.54, 1.807) is 17.5 Å². The van der Waals surface area contributed by atoms with Gasteiger partial charge in [-0.25, -0.2) is 9.97 Å². The number of aromatic nitrogens is 4. The predicted molar refractivity (Wildman–Crippen MR) is 77.7 cm³/mol. The molecule has 0 bridgehead atoms. The van der Waals surface area contributed by atoms with Crippen LogP contribution < -0.4 is 5.32 Å². The smallest absolute Gasteiger partial charge is 0.225 e. The molecule has 2 N–H and O–H groups in total. The number of fused-ring (bicyclic) bond motifs is 1. The fourth-order valence-electron chi connectivity index (χ4n) is 1.82. The second-order valence-electron chi connectivity index (χ2n) is 4.06. The van der Waals surface area contributed by atoms with Crippen molar-refractivity contribution in [3.8, 4) is 0 Å². The number of halogens is 1. The minimum Gasteiger partial charge on any atom is -0.364 e. The van der Waals surface area contributed by atoms with Crippen molar-refractivity contribution in [1.29, 1.82) is 0 Å². The molecule has 0 atom stereocenters. The van der Waals surface area contributed by atoms with Crippen LogP contribution >= 0.6 is 22.9 Å². The van der Waals surface area contributed by atoms with Gasteiger partial charge in [0.05, 0.1) is 17.6 Å². The van der Waals surface area contributed by atoms with Gasteiger partial charge in [0.2, 0.25) is 5.28 Å². The van der Waals surface area contributed by atoms with Crippen LogP contribution in [0.5, 0.6) is 0 Å². The standard InChI is InChI=1S/C12H12ClN5S/c1-2-8-5-9-10(14-6-7-3-4-15-18-7)16-12(13)17-11(9)19-8/h3-5H,2,6H2,1H3,(H,15,18)(H,14,16,17). The Balaban J connectivity index is 1.94. The summed E-state index contributed by atoms with van der Waals surface area (Å²) >= 11 is 7.61. The molecule has 0 spiro atoms. The normalized spacial score (nSPS) is 11.1. The first kappa shape index (κ1) is 12.4. The molecule has 3 rings (SSSR count). The Hall–Kier alpha value is -1.66. The third-order valence-corrected chi connectivity index (χ3v) is 4.11. The molecule has 0 aliphatic heterocycles. The van der Waals surface area contributed by atoms with Crippen LogP contribution in [0.25, 0.3) is 10.2 Å². The number of nitrogens with one attached hydrogen (secondary N) is 2. The van der Waals surface area contributed by atoms with Crippen LogP contribution in [0.4, 0.5) is 5.82 Å². The van der Waals surface area contributed by atoms with Crippen LogP contribution in [0.3, 0.4) is 0 Å². The molecule has 3 heterocycles. The number of nitrogens with zero attached hydrogens (tertiary/aromatic N) is 3. The van der Waals surface area contributed by atoms with Crippen molar-refractivity contribution in [3.63, 3.8) is 0 Å². The van der Waals surface area contributed by atoms with E-state index in [1.165, 1.54) is 4.88 Å². The molecule has 0 amide bonds. The monoisotopic (exact) mass is 293 g/mol. The van der Waals surface area contributed by atoms with Gasteiger partial charge in [-0.15, -0.1) is 11.3 Å². The van der Waals surface area contributed by atoms with Crippen molar-refractivity contribution in [3.05, 3.63) is 34.2 Å². The maximum absolute atomic E-state index is 5.96. The average Bonchev–Trinajstić information content (AvgIpc) is 3.04. The number of aryl methyl sites for hydroxylation is 1. The molecule has 7 heteroatoms. The zero-order valence-corrected chi connectivity index (χ0v) is 11.8. The number of rotatable bonds is 4. The van der Waals surface area contributed by atoms with Gasteiger partial charge >= 0.3 is 0 Å². The van der Waals surface area contributed by atoms with Gasteiger partial charge in [0.1, 0.15) is 10.6 Å². The molecule has 0 saturated heterocycles. The number of thiophene rings is 1. The SMILES string of the molecule is CCc1cc2c(NCc3ccn[nH]3)nc(Cl)nc2s1. The molecule has 0 fully saturated rings. The minimum absolute atomic E-state index is 0.268. The third-order valence-electron chi connectivity index (χ3n) is 2.77. The summed E-state index contributed by atoms with van der Waals surface area (Å²) < 4.78 is 0. The fraction of sp³-hybridized carbons (Fsp3) is 0.250. The Labute approximate surface area is 119 Å². The highest BCUT2D eigenvalue weighted by Gasteiger charge is 2.10. The molecule has 19 heavy (non-hydrogen) atoms. The topological polar surface area (TPSA) is 66.5 Å². The van der Waals surface area contributed by atoms with E-state index in [2.05, 4.69) is 38.5 Å². The summed E-state index contributed by atoms with van der Waals surface area (Å²) in [4.78, 5) is 10.7. The van der Waals surface area contributed by atoms with E-state index < -0.39 is 0 Å². The predicted octanol–water partition coefficient (Wildman–Crippen LogP) is 3.24. The lowest BCUT2D eigenvalue weighted by Gasteiger charge is -2.05. The van der Waals surface area contributed by atoms with Crippen molar-refractivity contribution < 1.29 is 0 Å². The molecule has 0 aliphatic carbocycles. The Bertz CT molecular complexity index is 692. The summed E-state index contributed by atoms with van der Waals surface area (Å²) in [6, 6.07) is 4.03. The molecule has 3 aromatic heterocycles. The van der Waals surface area contributed by atoms with Gasteiger partial charge in [0.15, 0.2) is 0 Å². The Morgan fingerprint density at radius 3 is 3.05 bits per heavy atom. The fourth-order valence-corrected chi connectivity index (χ4v) is 3.00. The number of H-pyrrole nitrogens is 1. The van der Waals surface area contributed by atoms with E-state index in [0.29, 0.717) is 6.54 Å². The quantitative estimate of drug-likeness (QED) is 0.725. The minimum atomic E-state index is 0.268. The van der Waals surface area contributed by atoms with Gasteiger partial charge in [-0.05, 0) is 30.2 Å². The lowest BCUT2D eigenvalue weighted by Crippen LogP contribution is -2.02. The summed E-state index contributed by atoms with van der Waals surface area (Å²) in [5.41, 5.74) is 0.994. The van der Waals surface area contributed by atoms with E-state index in [-0.39, 0.29) is 5.28 Å². The highest BCUT2D eigenvalue weighted by atomic mass is 35.5. The summed E-state index contributed by atoms with van der Waals surface area (Å²) in [7, 11) is 0. The van der Waals surface area contributed by atoms with Crippen molar-refractivity contribution >= 4 is 39.0 Å². The summed E-state index contributed by atoms with van der Waals surface area (Å²) in [5.74, 6) is 0.764. The molecule has 98 valence electrons. The van der Waals surface area contributed by atoms with E-state index >= 15 is 0 Å². The van der Waals surface area contributed by atoms with E-state index in [9.17, 15) is 0 Å². The highest BCUT2D eigenvalue weighted by Crippen LogP contribution is 2.30. The number of anilines is 1. The molecule has 0 unspecified atom stereocenters. The maximum Gasteiger partial charge on any atom is 0.225 e. The van der Waals surface area contributed by atoms with E-state index in [0.717, 1.165) is 28.1 Å². The molecule has 0 radical (unpaired) electrons. The zero-order chi connectivity index (χ0) is 13.2. The molecule has 5 nitrogen and oxygen atoms in total. The first-order valence-electron chi connectivity index (χ1n) is 5.94. The first-order chi connectivity index (χ1) is 9.26. The highest BCUT2D eigenvalue weighted by molar-refractivity contribution is 7.18. The van der Waals surface area contributed by atoms with Crippen molar-refractivity contribution in [2.45, 2.75) is 19.9 Å². The molecule has 0 aliphatic rings. The van der Waals surface area contributed by atoms with E-state index in [1.807, 2.05) is 6.07 Å². The van der Waals surface area contributed by atoms with Crippen LogP contribution in [-0.2, 0) is 13.0 Å². The number of hydrogen-bond acceptors (Lipinski definition) is 5. The number of aromatic amines is 1. The molecular weight excluding hydrogens is 282 g/mol. The summed E-state index contributed by atoms with van der Waals surface area (Å²) in [5, 5.41) is 11.4. The van der Waals surface area contributed by atoms with Crippen molar-refractivity contribution in [2.24, 2.45) is 0 Å². The third kappa shape index (κ3) is 2.54. The van der Waals surface area contributed by atoms with Gasteiger partial charge < -0.3 is 5.32 Å². The molecule has 3 aromatic rings. The van der Waals surface area contributed by atoms with Crippen LogP contribution in [0.1, 0.15) is 17.5 Å². The molecule has 0 saturated carbocycles. The van der Waals surface area contributed by atoms with Gasteiger partial charge in [-0.3, -0.25) is 5.10 Å². The zero-order valence-electron chi connectivity index (χ0n) is 10.3. The summed E-state index contributed by atoms with van der Waals surface area (Å²) in [6.07, 6.45) is 2.71. The van der Waals surface area contributed by atoms with Crippen molar-refractivity contribution in [1.82, 2.24) is 20.2 Å². The maximum atomic E-state index is 5.96. The lowest BCUT2D eigenvalue weighted by atomic mass is 10.3. The van der Waals surface area contributed by atoms with Gasteiger partial charge in [0.25, 0.3) is 0 Å². The van der Waals surface area contributed by atoms with Gasteiger partial charge in [0, 0.05) is 11.1 Å². The van der Waals surface area contributed by atoms with Crippen LogP contribution in [0.2, 0.25) is 5.28 Å². The lowest BCUT2D eigenvalue weighted by molar-refractivity contribution is 0.975. The van der Waals surface area contributed by atoms with E-state index in [4.69, 9.17) is 11.6 Å². The number of hydrogen-bond donors (Lipinski definition) is 2. The van der Waals surface area contributed by atoms with Gasteiger partial charge in [-0.2, -0.15) is 5.10 Å². The molecular formula is C12H12ClN5S. The Morgan fingerprint density at radius 2 is 2.32 bits per heavy atom. The van der Waals surface area contributed by atoms with Crippen LogP contribution in [0, 0.1) is 0 Å². The second-order valence-corrected chi connectivity index (χ2v) is 5.52. The van der Waals surface area contributed by atoms with Crippen LogP contribution in [0.15, 0.2) is 18.3 Å². The largest absolute Gasteiger partial charge is 0.364 e. The molecule has 0 aromatic carbocycles.